The summed E-state index contributed by atoms with van der Waals surface area (Å²) >= 11 is 0. The fourth-order valence-corrected chi connectivity index (χ4v) is 3.12. The number of para-hydroxylation sites is 1. The molecule has 0 radical (unpaired) electrons. The first kappa shape index (κ1) is 22.4. The van der Waals surface area contributed by atoms with Crippen LogP contribution >= 0.6 is 0 Å². The summed E-state index contributed by atoms with van der Waals surface area (Å²) in [6, 6.07) is 12.2. The van der Waals surface area contributed by atoms with Crippen LogP contribution in [0.15, 0.2) is 42.5 Å². The van der Waals surface area contributed by atoms with E-state index in [2.05, 4.69) is 5.32 Å². The molecule has 31 heavy (non-hydrogen) atoms. The average Bonchev–Trinajstić information content (AvgIpc) is 2.80. The normalized spacial score (nSPS) is 12.2. The van der Waals surface area contributed by atoms with Crippen molar-refractivity contribution < 1.29 is 28.5 Å². The van der Waals surface area contributed by atoms with Gasteiger partial charge in [0, 0.05) is 24.9 Å². The first-order chi connectivity index (χ1) is 15.1. The zero-order valence-corrected chi connectivity index (χ0v) is 17.9. The Balaban J connectivity index is 1.63. The Labute approximate surface area is 182 Å². The molecule has 0 fully saturated rings. The van der Waals surface area contributed by atoms with E-state index >= 15 is 0 Å². The number of ether oxygens (including phenoxy) is 4. The largest absolute Gasteiger partial charge is 0.490 e. The molecule has 1 aliphatic heterocycles. The topological polar surface area (TPSA) is 86.3 Å². The molecule has 0 aliphatic carbocycles. The van der Waals surface area contributed by atoms with Crippen molar-refractivity contribution in [2.24, 2.45) is 0 Å². The van der Waals surface area contributed by atoms with Crippen LogP contribution in [0.25, 0.3) is 0 Å². The molecule has 3 rings (SSSR count). The Bertz CT molecular complexity index is 901. The van der Waals surface area contributed by atoms with Crippen molar-refractivity contribution in [1.29, 1.82) is 0 Å². The van der Waals surface area contributed by atoms with Crippen LogP contribution in [0, 0.1) is 0 Å². The molecule has 0 bridgehead atoms. The van der Waals surface area contributed by atoms with E-state index in [1.54, 1.807) is 42.5 Å². The average molecular weight is 428 g/mol. The monoisotopic (exact) mass is 428 g/mol. The van der Waals surface area contributed by atoms with Crippen molar-refractivity contribution in [3.05, 3.63) is 48.0 Å². The van der Waals surface area contributed by atoms with Crippen LogP contribution in [0.4, 0.5) is 5.69 Å². The minimum atomic E-state index is -0.304. The van der Waals surface area contributed by atoms with Gasteiger partial charge in [0.1, 0.15) is 32.1 Å². The molecule has 0 saturated carbocycles. The van der Waals surface area contributed by atoms with Crippen LogP contribution in [0.1, 0.15) is 24.2 Å². The van der Waals surface area contributed by atoms with Crippen molar-refractivity contribution in [3.63, 3.8) is 0 Å². The van der Waals surface area contributed by atoms with Crippen LogP contribution in [0.3, 0.4) is 0 Å². The number of anilines is 1. The van der Waals surface area contributed by atoms with E-state index in [-0.39, 0.29) is 18.4 Å². The molecule has 0 aromatic heterocycles. The molecular formula is C23H28N2O6. The number of benzene rings is 2. The third-order valence-electron chi connectivity index (χ3n) is 4.64. The lowest BCUT2D eigenvalue weighted by Gasteiger charge is -2.22. The van der Waals surface area contributed by atoms with Crippen molar-refractivity contribution in [3.8, 4) is 17.2 Å². The molecule has 0 saturated heterocycles. The van der Waals surface area contributed by atoms with Crippen LogP contribution in [0.2, 0.25) is 0 Å². The summed E-state index contributed by atoms with van der Waals surface area (Å²) in [6.07, 6.45) is 0. The molecule has 2 aromatic rings. The fraction of sp³-hybridized carbons (Fsp3) is 0.391. The first-order valence-electron chi connectivity index (χ1n) is 10.4. The Morgan fingerprint density at radius 1 is 1.03 bits per heavy atom. The Morgan fingerprint density at radius 2 is 1.81 bits per heavy atom. The van der Waals surface area contributed by atoms with E-state index in [1.165, 1.54) is 4.90 Å². The maximum Gasteiger partial charge on any atom is 0.258 e. The molecule has 1 N–H and O–H groups in total. The van der Waals surface area contributed by atoms with Gasteiger partial charge in [0.15, 0.2) is 11.5 Å². The van der Waals surface area contributed by atoms with Gasteiger partial charge < -0.3 is 29.2 Å². The third kappa shape index (κ3) is 6.11. The zero-order chi connectivity index (χ0) is 22.1. The highest BCUT2D eigenvalue weighted by atomic mass is 16.6. The van der Waals surface area contributed by atoms with E-state index in [0.717, 1.165) is 0 Å². The van der Waals surface area contributed by atoms with Crippen LogP contribution in [-0.4, -0.2) is 62.8 Å². The van der Waals surface area contributed by atoms with Gasteiger partial charge >= 0.3 is 0 Å². The Kier molecular flexibility index (Phi) is 8.12. The zero-order valence-electron chi connectivity index (χ0n) is 17.9. The molecule has 1 heterocycles. The van der Waals surface area contributed by atoms with Crippen LogP contribution in [0.5, 0.6) is 17.2 Å². The smallest absolute Gasteiger partial charge is 0.258 e. The Morgan fingerprint density at radius 3 is 2.58 bits per heavy atom. The molecule has 2 aromatic carbocycles. The summed E-state index contributed by atoms with van der Waals surface area (Å²) in [5, 5.41) is 2.81. The number of nitrogens with one attached hydrogen (secondary N) is 1. The third-order valence-corrected chi connectivity index (χ3v) is 4.64. The minimum absolute atomic E-state index is 0.0863. The highest BCUT2D eigenvalue weighted by molar-refractivity contribution is 6.01. The van der Waals surface area contributed by atoms with Gasteiger partial charge in [0.25, 0.3) is 5.91 Å². The van der Waals surface area contributed by atoms with Crippen molar-refractivity contribution in [2.75, 3.05) is 51.4 Å². The molecule has 8 nitrogen and oxygen atoms in total. The summed E-state index contributed by atoms with van der Waals surface area (Å²) in [6.45, 7) is 6.38. The summed E-state index contributed by atoms with van der Waals surface area (Å²) < 4.78 is 22.0. The highest BCUT2D eigenvalue weighted by Crippen LogP contribution is 2.32. The SMILES string of the molecule is CCOCCOc1ccccc1C(=O)N(CC)CC(=O)Nc1ccc2c(c1)OCCO2. The number of carbonyl (C=O) groups excluding carboxylic acids is 2. The molecule has 166 valence electrons. The van der Waals surface area contributed by atoms with Gasteiger partial charge in [-0.25, -0.2) is 0 Å². The molecule has 8 heteroatoms. The standard InChI is InChI=1S/C23H28N2O6/c1-3-25(23(27)18-7-5-6-8-19(18)29-12-11-28-4-2)16-22(26)24-17-9-10-20-21(15-17)31-14-13-30-20/h5-10,15H,3-4,11-14,16H2,1-2H3,(H,24,26). The number of rotatable bonds is 10. The second kappa shape index (κ2) is 11.2. The quantitative estimate of drug-likeness (QED) is 0.586. The molecule has 0 atom stereocenters. The second-order valence-electron chi connectivity index (χ2n) is 6.77. The molecule has 1 aliphatic rings. The van der Waals surface area contributed by atoms with Gasteiger partial charge in [-0.1, -0.05) is 12.1 Å². The van der Waals surface area contributed by atoms with E-state index in [9.17, 15) is 9.59 Å². The van der Waals surface area contributed by atoms with Gasteiger partial charge in [-0.05, 0) is 38.1 Å². The van der Waals surface area contributed by atoms with Crippen LogP contribution < -0.4 is 19.5 Å². The molecular weight excluding hydrogens is 400 g/mol. The summed E-state index contributed by atoms with van der Waals surface area (Å²) in [4.78, 5) is 27.1. The van der Waals surface area contributed by atoms with Gasteiger partial charge in [-0.15, -0.1) is 0 Å². The minimum Gasteiger partial charge on any atom is -0.490 e. The lowest BCUT2D eigenvalue weighted by Crippen LogP contribution is -2.38. The highest BCUT2D eigenvalue weighted by Gasteiger charge is 2.21. The number of hydrogen-bond acceptors (Lipinski definition) is 6. The van der Waals surface area contributed by atoms with E-state index in [4.69, 9.17) is 18.9 Å². The number of likely N-dealkylation sites (N-methyl/N-ethyl adjacent to an activating group) is 1. The summed E-state index contributed by atoms with van der Waals surface area (Å²) in [7, 11) is 0. The van der Waals surface area contributed by atoms with E-state index in [0.29, 0.717) is 68.1 Å². The summed E-state index contributed by atoms with van der Waals surface area (Å²) in [5.74, 6) is 1.13. The van der Waals surface area contributed by atoms with Crippen molar-refractivity contribution >= 4 is 17.5 Å². The van der Waals surface area contributed by atoms with Gasteiger partial charge in [0.2, 0.25) is 5.91 Å². The number of fused-ring (bicyclic) bond motifs is 1. The maximum absolute atomic E-state index is 13.1. The van der Waals surface area contributed by atoms with Crippen molar-refractivity contribution in [2.45, 2.75) is 13.8 Å². The maximum atomic E-state index is 13.1. The Hall–Kier alpha value is -3.26. The van der Waals surface area contributed by atoms with Gasteiger partial charge in [0.05, 0.1) is 12.2 Å². The van der Waals surface area contributed by atoms with Gasteiger partial charge in [-0.3, -0.25) is 9.59 Å². The number of nitrogens with zero attached hydrogens (tertiary/aromatic N) is 1. The number of amides is 2. The molecule has 0 spiro atoms. The van der Waals surface area contributed by atoms with Crippen LogP contribution in [-0.2, 0) is 9.53 Å². The molecule has 0 unspecified atom stereocenters. The van der Waals surface area contributed by atoms with Gasteiger partial charge in [-0.2, -0.15) is 0 Å². The molecule has 2 amide bonds. The number of hydrogen-bond donors (Lipinski definition) is 1. The summed E-state index contributed by atoms with van der Waals surface area (Å²) in [5.41, 5.74) is 0.991. The van der Waals surface area contributed by atoms with E-state index in [1.807, 2.05) is 13.8 Å². The lowest BCUT2D eigenvalue weighted by atomic mass is 10.1. The number of carbonyl (C=O) groups is 2. The van der Waals surface area contributed by atoms with Crippen molar-refractivity contribution in [1.82, 2.24) is 4.90 Å². The fourth-order valence-electron chi connectivity index (χ4n) is 3.12. The lowest BCUT2D eigenvalue weighted by molar-refractivity contribution is -0.116. The predicted octanol–water partition coefficient (Wildman–Crippen LogP) is 2.97. The van der Waals surface area contributed by atoms with E-state index < -0.39 is 0 Å². The second-order valence-corrected chi connectivity index (χ2v) is 6.77. The first-order valence-corrected chi connectivity index (χ1v) is 10.4. The predicted molar refractivity (Wildman–Crippen MR) is 116 cm³/mol.